The Labute approximate surface area is 57.0 Å². The van der Waals surface area contributed by atoms with Gasteiger partial charge in [0, 0.05) is 11.8 Å². The molecular weight excluding hydrogens is 170 g/mol. The van der Waals surface area contributed by atoms with E-state index in [1.165, 1.54) is 0 Å². The van der Waals surface area contributed by atoms with Crippen LogP contribution in [0.15, 0.2) is 5.16 Å². The Hall–Kier alpha value is -0.0500. The maximum atomic E-state index is 4.96. The van der Waals surface area contributed by atoms with Crippen molar-refractivity contribution in [3.05, 3.63) is 0 Å². The first-order valence-corrected chi connectivity index (χ1v) is 3.70. The van der Waals surface area contributed by atoms with E-state index in [2.05, 4.69) is 21.1 Å². The molecule has 1 rings (SSSR count). The monoisotopic (exact) mass is 177 g/mol. The predicted molar refractivity (Wildman–Crippen MR) is 36.4 cm³/mol. The molecule has 0 fully saturated rings. The Morgan fingerprint density at radius 3 is 3.00 bits per heavy atom. The van der Waals surface area contributed by atoms with Gasteiger partial charge in [0.15, 0.2) is 0 Å². The zero-order valence-electron chi connectivity index (χ0n) is 4.72. The highest BCUT2D eigenvalue weighted by Crippen LogP contribution is 2.11. The summed E-state index contributed by atoms with van der Waals surface area (Å²) < 4.78 is 0. The van der Waals surface area contributed by atoms with Gasteiger partial charge >= 0.3 is 0 Å². The summed E-state index contributed by atoms with van der Waals surface area (Å²) in [6.07, 6.45) is 1.26. The van der Waals surface area contributed by atoms with Crippen LogP contribution in [0, 0.1) is 0 Å². The van der Waals surface area contributed by atoms with E-state index in [0.29, 0.717) is 0 Å². The Bertz CT molecular complexity index is 113. The summed E-state index contributed by atoms with van der Waals surface area (Å²) in [5.41, 5.74) is 1.09. The molecule has 1 heterocycles. The lowest BCUT2D eigenvalue weighted by Crippen LogP contribution is -2.06. The van der Waals surface area contributed by atoms with Crippen LogP contribution in [0.5, 0.6) is 0 Å². The average molecular weight is 178 g/mol. The van der Waals surface area contributed by atoms with E-state index in [-0.39, 0.29) is 6.10 Å². The molecule has 2 nitrogen and oxygen atoms in total. The summed E-state index contributed by atoms with van der Waals surface area (Å²) in [5.74, 6) is 0. The van der Waals surface area contributed by atoms with Crippen molar-refractivity contribution in [1.82, 2.24) is 0 Å². The fourth-order valence-electron chi connectivity index (χ4n) is 0.651. The lowest BCUT2D eigenvalue weighted by Gasteiger charge is -1.99. The van der Waals surface area contributed by atoms with Crippen LogP contribution in [0.4, 0.5) is 0 Å². The van der Waals surface area contributed by atoms with E-state index in [9.17, 15) is 0 Å². The first kappa shape index (κ1) is 6.08. The van der Waals surface area contributed by atoms with Crippen molar-refractivity contribution in [2.24, 2.45) is 5.16 Å². The lowest BCUT2D eigenvalue weighted by molar-refractivity contribution is 0.104. The van der Waals surface area contributed by atoms with Gasteiger partial charge in [-0.15, -0.1) is 0 Å². The predicted octanol–water partition coefficient (Wildman–Crippen LogP) is 1.55. The van der Waals surface area contributed by atoms with Crippen LogP contribution in [0.25, 0.3) is 0 Å². The Kier molecular flexibility index (Phi) is 1.89. The minimum Gasteiger partial charge on any atom is -0.391 e. The van der Waals surface area contributed by atoms with E-state index < -0.39 is 0 Å². The SMILES string of the molecule is CC1=NO[C@@H](CBr)C1. The number of oxime groups is 1. The molecule has 0 aromatic heterocycles. The zero-order chi connectivity index (χ0) is 5.98. The van der Waals surface area contributed by atoms with Crippen LogP contribution in [-0.4, -0.2) is 17.1 Å². The highest BCUT2D eigenvalue weighted by Gasteiger charge is 2.15. The van der Waals surface area contributed by atoms with Gasteiger partial charge in [-0.1, -0.05) is 21.1 Å². The summed E-state index contributed by atoms with van der Waals surface area (Å²) >= 11 is 3.31. The first-order valence-electron chi connectivity index (χ1n) is 2.58. The molecule has 8 heavy (non-hydrogen) atoms. The van der Waals surface area contributed by atoms with Gasteiger partial charge in [-0.3, -0.25) is 0 Å². The molecule has 0 aromatic carbocycles. The molecule has 1 atom stereocenters. The first-order chi connectivity index (χ1) is 3.83. The number of halogens is 1. The number of rotatable bonds is 1. The summed E-state index contributed by atoms with van der Waals surface area (Å²) in [6, 6.07) is 0. The van der Waals surface area contributed by atoms with Gasteiger partial charge in [0.25, 0.3) is 0 Å². The Morgan fingerprint density at radius 1 is 2.00 bits per heavy atom. The molecule has 0 N–H and O–H groups in total. The smallest absolute Gasteiger partial charge is 0.142 e. The van der Waals surface area contributed by atoms with E-state index in [1.54, 1.807) is 0 Å². The Balaban J connectivity index is 2.32. The number of alkyl halides is 1. The third kappa shape index (κ3) is 1.22. The van der Waals surface area contributed by atoms with E-state index in [4.69, 9.17) is 4.84 Å². The molecule has 0 aromatic rings. The summed E-state index contributed by atoms with van der Waals surface area (Å²) in [7, 11) is 0. The second kappa shape index (κ2) is 2.49. The third-order valence-corrected chi connectivity index (χ3v) is 1.77. The third-order valence-electron chi connectivity index (χ3n) is 1.05. The van der Waals surface area contributed by atoms with Crippen LogP contribution >= 0.6 is 15.9 Å². The second-order valence-corrected chi connectivity index (χ2v) is 2.56. The fraction of sp³-hybridized carbons (Fsp3) is 0.800. The molecule has 0 unspecified atom stereocenters. The molecule has 0 saturated carbocycles. The van der Waals surface area contributed by atoms with Crippen molar-refractivity contribution in [3.63, 3.8) is 0 Å². The lowest BCUT2D eigenvalue weighted by atomic mass is 10.2. The maximum Gasteiger partial charge on any atom is 0.142 e. The molecule has 0 saturated heterocycles. The van der Waals surface area contributed by atoms with E-state index >= 15 is 0 Å². The molecule has 0 aliphatic carbocycles. The van der Waals surface area contributed by atoms with Crippen LogP contribution in [0.1, 0.15) is 13.3 Å². The summed E-state index contributed by atoms with van der Waals surface area (Å²) in [5, 5.41) is 4.66. The molecule has 46 valence electrons. The molecule has 0 spiro atoms. The van der Waals surface area contributed by atoms with Gasteiger partial charge in [-0.2, -0.15) is 0 Å². The van der Waals surface area contributed by atoms with Gasteiger partial charge in [-0.05, 0) is 6.92 Å². The average Bonchev–Trinajstić information content (AvgIpc) is 2.14. The van der Waals surface area contributed by atoms with Gasteiger partial charge in [0.05, 0.1) is 5.71 Å². The quantitative estimate of drug-likeness (QED) is 0.558. The highest BCUT2D eigenvalue weighted by molar-refractivity contribution is 9.09. The standard InChI is InChI=1S/C5H8BrNO/c1-4-2-5(3-6)8-7-4/h5H,2-3H2,1H3/t5-/m1/s1. The van der Waals surface area contributed by atoms with Gasteiger partial charge < -0.3 is 4.84 Å². The van der Waals surface area contributed by atoms with E-state index in [1.807, 2.05) is 6.92 Å². The van der Waals surface area contributed by atoms with Crippen molar-refractivity contribution in [3.8, 4) is 0 Å². The van der Waals surface area contributed by atoms with Crippen LogP contribution in [0.2, 0.25) is 0 Å². The number of hydrogen-bond acceptors (Lipinski definition) is 2. The minimum atomic E-state index is 0.287. The van der Waals surface area contributed by atoms with Gasteiger partial charge in [-0.25, -0.2) is 0 Å². The van der Waals surface area contributed by atoms with Crippen LogP contribution in [-0.2, 0) is 4.84 Å². The summed E-state index contributed by atoms with van der Waals surface area (Å²) in [4.78, 5) is 4.96. The fourth-order valence-corrected chi connectivity index (χ4v) is 0.998. The maximum absolute atomic E-state index is 4.96. The van der Waals surface area contributed by atoms with Crippen molar-refractivity contribution in [2.75, 3.05) is 5.33 Å². The van der Waals surface area contributed by atoms with E-state index in [0.717, 1.165) is 17.5 Å². The number of hydrogen-bond donors (Lipinski definition) is 0. The Morgan fingerprint density at radius 2 is 2.75 bits per heavy atom. The molecular formula is C5H8BrNO. The van der Waals surface area contributed by atoms with Crippen molar-refractivity contribution in [2.45, 2.75) is 19.4 Å². The molecule has 1 aliphatic heterocycles. The van der Waals surface area contributed by atoms with Crippen LogP contribution < -0.4 is 0 Å². The normalized spacial score (nSPS) is 27.2. The van der Waals surface area contributed by atoms with Crippen LogP contribution in [0.3, 0.4) is 0 Å². The number of nitrogens with zero attached hydrogens (tertiary/aromatic N) is 1. The molecule has 3 heteroatoms. The van der Waals surface area contributed by atoms with Crippen molar-refractivity contribution >= 4 is 21.6 Å². The van der Waals surface area contributed by atoms with Crippen molar-refractivity contribution in [1.29, 1.82) is 0 Å². The molecule has 0 radical (unpaired) electrons. The van der Waals surface area contributed by atoms with Crippen molar-refractivity contribution < 1.29 is 4.84 Å². The largest absolute Gasteiger partial charge is 0.391 e. The topological polar surface area (TPSA) is 21.6 Å². The molecule has 1 aliphatic rings. The summed E-state index contributed by atoms with van der Waals surface area (Å²) in [6.45, 7) is 1.97. The minimum absolute atomic E-state index is 0.287. The molecule has 0 amide bonds. The van der Waals surface area contributed by atoms with Gasteiger partial charge in [0.1, 0.15) is 6.10 Å². The highest BCUT2D eigenvalue weighted by atomic mass is 79.9. The second-order valence-electron chi connectivity index (χ2n) is 1.91. The molecule has 0 bridgehead atoms. The van der Waals surface area contributed by atoms with Gasteiger partial charge in [0.2, 0.25) is 0 Å². The zero-order valence-corrected chi connectivity index (χ0v) is 6.31.